The fraction of sp³-hybridized carbons (Fsp3) is 0.400. The monoisotopic (exact) mass is 337 g/mol. The highest BCUT2D eigenvalue weighted by atomic mass is 32.1. The molecule has 3 rings (SSSR count). The van der Waals surface area contributed by atoms with Gasteiger partial charge in [0, 0.05) is 4.88 Å². The lowest BCUT2D eigenvalue weighted by atomic mass is 10.0. The fourth-order valence-electron chi connectivity index (χ4n) is 2.40. The summed E-state index contributed by atoms with van der Waals surface area (Å²) >= 11 is 1.66. The number of alkyl halides is 2. The second-order valence-corrected chi connectivity index (χ2v) is 6.67. The van der Waals surface area contributed by atoms with Crippen LogP contribution in [-0.4, -0.2) is 19.8 Å². The quantitative estimate of drug-likeness (QED) is 0.728. The first-order valence-electron chi connectivity index (χ1n) is 7.35. The second-order valence-electron chi connectivity index (χ2n) is 5.69. The number of anilines is 1. The smallest absolute Gasteiger partial charge is 0.299 e. The average molecular weight is 337 g/mol. The van der Waals surface area contributed by atoms with Gasteiger partial charge in [-0.05, 0) is 35.9 Å². The van der Waals surface area contributed by atoms with Crippen molar-refractivity contribution in [3.8, 4) is 0 Å². The van der Waals surface area contributed by atoms with Crippen molar-refractivity contribution in [3.05, 3.63) is 40.3 Å². The molecule has 1 N–H and O–H groups in total. The number of hydrogen-bond donors (Lipinski definition) is 1. The Kier molecular flexibility index (Phi) is 4.51. The molecular weight excluding hydrogens is 320 g/mol. The summed E-state index contributed by atoms with van der Waals surface area (Å²) in [5, 5.41) is 16.8. The van der Waals surface area contributed by atoms with Crippen molar-refractivity contribution in [2.24, 2.45) is 5.92 Å². The van der Waals surface area contributed by atoms with Gasteiger partial charge in [0.1, 0.15) is 5.82 Å². The van der Waals surface area contributed by atoms with Crippen LogP contribution in [0.15, 0.2) is 29.6 Å². The molecule has 0 radical (unpaired) electrons. The molecule has 0 saturated heterocycles. The van der Waals surface area contributed by atoms with E-state index in [9.17, 15) is 8.78 Å². The molecule has 122 valence electrons. The minimum Gasteiger partial charge on any atom is -0.361 e. The highest BCUT2D eigenvalue weighted by Crippen LogP contribution is 2.28. The number of halogens is 2. The van der Waals surface area contributed by atoms with Crippen molar-refractivity contribution in [2.75, 3.05) is 5.32 Å². The molecule has 1 unspecified atom stereocenters. The lowest BCUT2D eigenvalue weighted by Crippen LogP contribution is -2.14. The largest absolute Gasteiger partial charge is 0.361 e. The van der Waals surface area contributed by atoms with E-state index >= 15 is 0 Å². The number of fused-ring (bicyclic) bond motifs is 1. The molecule has 3 aromatic heterocycles. The molecular formula is C15H17F2N5S. The summed E-state index contributed by atoms with van der Waals surface area (Å²) < 4.78 is 27.0. The third-order valence-electron chi connectivity index (χ3n) is 3.40. The maximum absolute atomic E-state index is 12.9. The summed E-state index contributed by atoms with van der Waals surface area (Å²) in [4.78, 5) is 1.19. The van der Waals surface area contributed by atoms with E-state index in [-0.39, 0.29) is 6.04 Å². The van der Waals surface area contributed by atoms with E-state index < -0.39 is 12.2 Å². The predicted octanol–water partition coefficient (Wildman–Crippen LogP) is 4.32. The molecule has 0 bridgehead atoms. The zero-order valence-electron chi connectivity index (χ0n) is 12.8. The number of nitrogens with one attached hydrogen (secondary N) is 1. The van der Waals surface area contributed by atoms with Gasteiger partial charge in [-0.25, -0.2) is 8.78 Å². The highest BCUT2D eigenvalue weighted by molar-refractivity contribution is 7.10. The number of thiophene rings is 1. The van der Waals surface area contributed by atoms with Crippen LogP contribution in [0.4, 0.5) is 14.6 Å². The van der Waals surface area contributed by atoms with Crippen molar-refractivity contribution in [1.82, 2.24) is 19.8 Å². The number of rotatable bonds is 6. The Morgan fingerprint density at radius 3 is 2.70 bits per heavy atom. The Balaban J connectivity index is 1.90. The molecule has 0 aliphatic heterocycles. The van der Waals surface area contributed by atoms with Gasteiger partial charge in [-0.3, -0.25) is 0 Å². The van der Waals surface area contributed by atoms with Crippen LogP contribution in [0.1, 0.15) is 43.4 Å². The molecule has 0 aromatic carbocycles. The van der Waals surface area contributed by atoms with E-state index in [4.69, 9.17) is 0 Å². The van der Waals surface area contributed by atoms with Crippen LogP contribution in [-0.2, 0) is 0 Å². The molecule has 8 heteroatoms. The topological polar surface area (TPSA) is 55.1 Å². The van der Waals surface area contributed by atoms with Gasteiger partial charge < -0.3 is 5.32 Å². The summed E-state index contributed by atoms with van der Waals surface area (Å²) in [6, 6.07) is 7.52. The maximum Gasteiger partial charge on any atom is 0.299 e. The summed E-state index contributed by atoms with van der Waals surface area (Å²) in [5.74, 6) is 0.573. The summed E-state index contributed by atoms with van der Waals surface area (Å²) in [7, 11) is 0. The van der Waals surface area contributed by atoms with Gasteiger partial charge in [-0.1, -0.05) is 19.9 Å². The first-order valence-corrected chi connectivity index (χ1v) is 8.23. The van der Waals surface area contributed by atoms with Gasteiger partial charge in [0.25, 0.3) is 6.43 Å². The van der Waals surface area contributed by atoms with Crippen molar-refractivity contribution in [2.45, 2.75) is 32.7 Å². The minimum absolute atomic E-state index is 0.0893. The molecule has 1 atom stereocenters. The molecule has 5 nitrogen and oxygen atoms in total. The number of nitrogens with zero attached hydrogens (tertiary/aromatic N) is 4. The van der Waals surface area contributed by atoms with Gasteiger partial charge >= 0.3 is 0 Å². The van der Waals surface area contributed by atoms with Crippen molar-refractivity contribution in [3.63, 3.8) is 0 Å². The van der Waals surface area contributed by atoms with Gasteiger partial charge in [0.2, 0.25) is 5.82 Å². The molecule has 0 saturated carbocycles. The van der Waals surface area contributed by atoms with Crippen molar-refractivity contribution in [1.29, 1.82) is 0 Å². The minimum atomic E-state index is -2.71. The van der Waals surface area contributed by atoms with Crippen LogP contribution >= 0.6 is 11.3 Å². The average Bonchev–Trinajstić information content (AvgIpc) is 3.15. The molecule has 23 heavy (non-hydrogen) atoms. The van der Waals surface area contributed by atoms with Crippen LogP contribution in [0.5, 0.6) is 0 Å². The van der Waals surface area contributed by atoms with Crippen molar-refractivity contribution >= 4 is 22.8 Å². The lowest BCUT2D eigenvalue weighted by molar-refractivity contribution is 0.137. The van der Waals surface area contributed by atoms with Gasteiger partial charge in [-0.2, -0.15) is 4.52 Å². The Morgan fingerprint density at radius 2 is 2.04 bits per heavy atom. The van der Waals surface area contributed by atoms with E-state index in [1.807, 2.05) is 11.4 Å². The Morgan fingerprint density at radius 1 is 1.22 bits per heavy atom. The zero-order valence-corrected chi connectivity index (χ0v) is 13.6. The van der Waals surface area contributed by atoms with E-state index in [0.29, 0.717) is 17.4 Å². The fourth-order valence-corrected chi connectivity index (χ4v) is 3.20. The predicted molar refractivity (Wildman–Crippen MR) is 85.9 cm³/mol. The van der Waals surface area contributed by atoms with Crippen LogP contribution in [0.2, 0.25) is 0 Å². The molecule has 0 spiro atoms. The van der Waals surface area contributed by atoms with Crippen LogP contribution in [0.25, 0.3) is 5.65 Å². The van der Waals surface area contributed by atoms with Crippen LogP contribution < -0.4 is 5.32 Å². The molecule has 0 aliphatic rings. The zero-order chi connectivity index (χ0) is 16.4. The Bertz CT molecular complexity index is 769. The highest BCUT2D eigenvalue weighted by Gasteiger charge is 2.19. The first kappa shape index (κ1) is 15.8. The maximum atomic E-state index is 12.9. The van der Waals surface area contributed by atoms with E-state index in [2.05, 4.69) is 40.5 Å². The van der Waals surface area contributed by atoms with E-state index in [1.165, 1.54) is 4.88 Å². The normalized spacial score (nSPS) is 13.1. The summed E-state index contributed by atoms with van der Waals surface area (Å²) in [6.45, 7) is 4.29. The number of hydrogen-bond acceptors (Lipinski definition) is 5. The third kappa shape index (κ3) is 3.47. The molecule has 3 heterocycles. The second kappa shape index (κ2) is 6.57. The Labute approximate surface area is 136 Å². The summed E-state index contributed by atoms with van der Waals surface area (Å²) in [5.41, 5.74) is 0.308. The van der Waals surface area contributed by atoms with E-state index in [1.54, 1.807) is 23.5 Å². The molecule has 0 fully saturated rings. The standard InChI is InChI=1S/C15H17F2N5S/c1-9(2)8-10(11-4-3-7-23-11)18-12-5-6-13-19-20-15(14(16)17)22(13)21-12/h3-7,9-10,14H,8H2,1-2H3,(H,18,21). The third-order valence-corrected chi connectivity index (χ3v) is 4.38. The van der Waals surface area contributed by atoms with E-state index in [0.717, 1.165) is 10.9 Å². The molecule has 0 aliphatic carbocycles. The Hall–Kier alpha value is -2.09. The SMILES string of the molecule is CC(C)CC(Nc1ccc2nnc(C(F)F)n2n1)c1cccs1. The molecule has 3 aromatic rings. The van der Waals surface area contributed by atoms with Crippen LogP contribution in [0.3, 0.4) is 0 Å². The lowest BCUT2D eigenvalue weighted by Gasteiger charge is -2.20. The number of aromatic nitrogens is 4. The van der Waals surface area contributed by atoms with Gasteiger partial charge in [-0.15, -0.1) is 26.6 Å². The summed E-state index contributed by atoms with van der Waals surface area (Å²) in [6.07, 6.45) is -1.79. The molecule has 0 amide bonds. The van der Waals surface area contributed by atoms with Crippen LogP contribution in [0, 0.1) is 5.92 Å². The van der Waals surface area contributed by atoms with Gasteiger partial charge in [0.05, 0.1) is 6.04 Å². The van der Waals surface area contributed by atoms with Gasteiger partial charge in [0.15, 0.2) is 5.65 Å². The first-order chi connectivity index (χ1) is 11.0. The van der Waals surface area contributed by atoms with Crippen molar-refractivity contribution < 1.29 is 8.78 Å².